The lowest BCUT2D eigenvalue weighted by Crippen LogP contribution is -2.38. The molecular formula is C18H16ClFN4O2. The summed E-state index contributed by atoms with van der Waals surface area (Å²) in [5.74, 6) is -0.724. The second-order valence-corrected chi connectivity index (χ2v) is 6.73. The molecule has 2 aromatic heterocycles. The number of aromatic nitrogens is 3. The summed E-state index contributed by atoms with van der Waals surface area (Å²) in [5.41, 5.74) is 0.380. The third kappa shape index (κ3) is 3.10. The van der Waals surface area contributed by atoms with Gasteiger partial charge >= 0.3 is 5.69 Å². The summed E-state index contributed by atoms with van der Waals surface area (Å²) in [5, 5.41) is 4.46. The van der Waals surface area contributed by atoms with Gasteiger partial charge in [-0.3, -0.25) is 9.20 Å². The van der Waals surface area contributed by atoms with E-state index in [2.05, 4.69) is 5.10 Å². The average Bonchev–Trinajstić information content (AvgIpc) is 3.41. The van der Waals surface area contributed by atoms with Crippen LogP contribution in [-0.4, -0.2) is 31.0 Å². The number of nitrogens with zero attached hydrogens (tertiary/aromatic N) is 4. The zero-order chi connectivity index (χ0) is 18.3. The van der Waals surface area contributed by atoms with Gasteiger partial charge in [0.1, 0.15) is 12.4 Å². The van der Waals surface area contributed by atoms with Crippen molar-refractivity contribution >= 4 is 23.2 Å². The highest BCUT2D eigenvalue weighted by atomic mass is 35.5. The second kappa shape index (κ2) is 6.57. The molecule has 4 rings (SSSR count). The molecule has 0 spiro atoms. The van der Waals surface area contributed by atoms with E-state index in [4.69, 9.17) is 11.6 Å². The maximum Gasteiger partial charge on any atom is 0.350 e. The molecule has 1 aliphatic rings. The smallest absolute Gasteiger partial charge is 0.334 e. The van der Waals surface area contributed by atoms with Gasteiger partial charge in [0.25, 0.3) is 0 Å². The third-order valence-corrected chi connectivity index (χ3v) is 4.83. The van der Waals surface area contributed by atoms with Gasteiger partial charge in [0, 0.05) is 22.8 Å². The van der Waals surface area contributed by atoms with E-state index in [1.54, 1.807) is 35.4 Å². The van der Waals surface area contributed by atoms with Crippen LogP contribution in [0.25, 0.3) is 5.65 Å². The molecule has 0 bridgehead atoms. The summed E-state index contributed by atoms with van der Waals surface area (Å²) >= 11 is 6.09. The molecule has 134 valence electrons. The summed E-state index contributed by atoms with van der Waals surface area (Å²) in [4.78, 5) is 26.7. The van der Waals surface area contributed by atoms with Gasteiger partial charge in [0.15, 0.2) is 5.65 Å². The van der Waals surface area contributed by atoms with Crippen molar-refractivity contribution in [2.45, 2.75) is 32.0 Å². The van der Waals surface area contributed by atoms with E-state index in [9.17, 15) is 14.0 Å². The van der Waals surface area contributed by atoms with Crippen LogP contribution in [0.2, 0.25) is 5.02 Å². The molecule has 3 aromatic rings. The quantitative estimate of drug-likeness (QED) is 0.689. The van der Waals surface area contributed by atoms with E-state index < -0.39 is 5.82 Å². The van der Waals surface area contributed by atoms with Gasteiger partial charge in [-0.2, -0.15) is 0 Å². The minimum absolute atomic E-state index is 0.0471. The molecule has 26 heavy (non-hydrogen) atoms. The van der Waals surface area contributed by atoms with Gasteiger partial charge < -0.3 is 4.90 Å². The highest BCUT2D eigenvalue weighted by Gasteiger charge is 2.33. The summed E-state index contributed by atoms with van der Waals surface area (Å²) in [6, 6.07) is 9.68. The van der Waals surface area contributed by atoms with Crippen molar-refractivity contribution in [2.75, 3.05) is 0 Å². The molecule has 0 saturated heterocycles. The number of rotatable bonds is 5. The van der Waals surface area contributed by atoms with Crippen LogP contribution in [0.3, 0.4) is 0 Å². The minimum Gasteiger partial charge on any atom is -0.334 e. The molecule has 6 nitrogen and oxygen atoms in total. The van der Waals surface area contributed by atoms with Gasteiger partial charge in [-0.1, -0.05) is 23.7 Å². The standard InChI is InChI=1S/C18H16ClFN4O2/c19-14-4-3-5-15(20)13(14)10-23(12-7-8-12)17(25)11-24-18(26)22-9-2-1-6-16(22)21-24/h1-6,9,12H,7-8,10-11H2. The summed E-state index contributed by atoms with van der Waals surface area (Å²) < 4.78 is 16.6. The van der Waals surface area contributed by atoms with Crippen LogP contribution in [0.15, 0.2) is 47.4 Å². The highest BCUT2D eigenvalue weighted by molar-refractivity contribution is 6.31. The molecule has 1 saturated carbocycles. The van der Waals surface area contributed by atoms with Crippen LogP contribution in [0, 0.1) is 5.82 Å². The Balaban J connectivity index is 1.60. The average molecular weight is 375 g/mol. The number of carbonyl (C=O) groups is 1. The van der Waals surface area contributed by atoms with Crippen molar-refractivity contribution in [1.82, 2.24) is 19.1 Å². The largest absolute Gasteiger partial charge is 0.350 e. The van der Waals surface area contributed by atoms with Crippen LogP contribution in [0.1, 0.15) is 18.4 Å². The minimum atomic E-state index is -0.444. The van der Waals surface area contributed by atoms with Gasteiger partial charge in [0.2, 0.25) is 5.91 Å². The first-order valence-electron chi connectivity index (χ1n) is 8.31. The van der Waals surface area contributed by atoms with E-state index in [1.165, 1.54) is 16.5 Å². The zero-order valence-electron chi connectivity index (χ0n) is 13.8. The Morgan fingerprint density at radius 2 is 2.08 bits per heavy atom. The van der Waals surface area contributed by atoms with Crippen molar-refractivity contribution in [3.05, 3.63) is 69.5 Å². The number of hydrogen-bond donors (Lipinski definition) is 0. The molecule has 0 radical (unpaired) electrons. The predicted octanol–water partition coefficient (Wildman–Crippen LogP) is 2.48. The number of hydrogen-bond acceptors (Lipinski definition) is 3. The summed E-state index contributed by atoms with van der Waals surface area (Å²) in [6.07, 6.45) is 3.32. The molecule has 1 fully saturated rings. The molecule has 0 N–H and O–H groups in total. The molecule has 0 atom stereocenters. The number of fused-ring (bicyclic) bond motifs is 1. The van der Waals surface area contributed by atoms with Crippen molar-refractivity contribution in [3.63, 3.8) is 0 Å². The molecule has 0 aliphatic heterocycles. The normalized spacial score (nSPS) is 13.9. The van der Waals surface area contributed by atoms with Crippen LogP contribution in [-0.2, 0) is 17.9 Å². The van der Waals surface area contributed by atoms with E-state index >= 15 is 0 Å². The van der Waals surface area contributed by atoms with E-state index in [0.29, 0.717) is 5.65 Å². The fraction of sp³-hybridized carbons (Fsp3) is 0.278. The summed E-state index contributed by atoms with van der Waals surface area (Å²) in [6.45, 7) is -0.111. The van der Waals surface area contributed by atoms with Gasteiger partial charge in [0.05, 0.1) is 6.54 Å². The second-order valence-electron chi connectivity index (χ2n) is 6.32. The number of benzene rings is 1. The monoisotopic (exact) mass is 374 g/mol. The van der Waals surface area contributed by atoms with Crippen molar-refractivity contribution in [3.8, 4) is 0 Å². The Hall–Kier alpha value is -2.67. The Bertz CT molecular complexity index is 1020. The first kappa shape index (κ1) is 16.8. The first-order valence-corrected chi connectivity index (χ1v) is 8.69. The van der Waals surface area contributed by atoms with Crippen molar-refractivity contribution < 1.29 is 9.18 Å². The maximum atomic E-state index is 14.1. The van der Waals surface area contributed by atoms with Crippen LogP contribution in [0.5, 0.6) is 0 Å². The van der Waals surface area contributed by atoms with Crippen LogP contribution >= 0.6 is 11.6 Å². The molecule has 1 aliphatic carbocycles. The summed E-state index contributed by atoms with van der Waals surface area (Å²) in [7, 11) is 0. The molecule has 1 aromatic carbocycles. The van der Waals surface area contributed by atoms with E-state index in [1.807, 2.05) is 0 Å². The molecule has 0 unspecified atom stereocenters. The Morgan fingerprint density at radius 3 is 2.77 bits per heavy atom. The topological polar surface area (TPSA) is 59.6 Å². The number of amides is 1. The lowest BCUT2D eigenvalue weighted by atomic mass is 10.2. The number of pyridine rings is 1. The lowest BCUT2D eigenvalue weighted by molar-refractivity contribution is -0.133. The number of carbonyl (C=O) groups excluding carboxylic acids is 1. The molecular weight excluding hydrogens is 359 g/mol. The predicted molar refractivity (Wildman–Crippen MR) is 94.4 cm³/mol. The van der Waals surface area contributed by atoms with Crippen LogP contribution < -0.4 is 5.69 Å². The van der Waals surface area contributed by atoms with Crippen molar-refractivity contribution in [2.24, 2.45) is 0 Å². The van der Waals surface area contributed by atoms with Crippen LogP contribution in [0.4, 0.5) is 4.39 Å². The highest BCUT2D eigenvalue weighted by Crippen LogP contribution is 2.30. The van der Waals surface area contributed by atoms with E-state index in [0.717, 1.165) is 17.5 Å². The lowest BCUT2D eigenvalue weighted by Gasteiger charge is -2.23. The molecule has 8 heteroatoms. The first-order chi connectivity index (χ1) is 12.5. The van der Waals surface area contributed by atoms with E-state index in [-0.39, 0.29) is 41.3 Å². The fourth-order valence-corrected chi connectivity index (χ4v) is 3.17. The third-order valence-electron chi connectivity index (χ3n) is 4.47. The van der Waals surface area contributed by atoms with Gasteiger partial charge in [-0.05, 0) is 37.1 Å². The zero-order valence-corrected chi connectivity index (χ0v) is 14.6. The number of halogens is 2. The Labute approximate surface area is 153 Å². The Kier molecular flexibility index (Phi) is 4.24. The fourth-order valence-electron chi connectivity index (χ4n) is 2.95. The van der Waals surface area contributed by atoms with Crippen molar-refractivity contribution in [1.29, 1.82) is 0 Å². The van der Waals surface area contributed by atoms with Gasteiger partial charge in [-0.25, -0.2) is 13.9 Å². The molecule has 1 amide bonds. The SMILES string of the molecule is O=C(Cn1nc2ccccn2c1=O)N(Cc1c(F)cccc1Cl)C1CC1. The Morgan fingerprint density at radius 1 is 1.27 bits per heavy atom. The maximum absolute atomic E-state index is 14.1. The van der Waals surface area contributed by atoms with Gasteiger partial charge in [-0.15, -0.1) is 5.10 Å². The molecule has 2 heterocycles.